The fourth-order valence-corrected chi connectivity index (χ4v) is 3.86. The quantitative estimate of drug-likeness (QED) is 0.569. The lowest BCUT2D eigenvalue weighted by Gasteiger charge is -2.04. The van der Waals surface area contributed by atoms with Crippen molar-refractivity contribution < 1.29 is 0 Å². The van der Waals surface area contributed by atoms with Gasteiger partial charge in [0, 0.05) is 25.4 Å². The van der Waals surface area contributed by atoms with Crippen LogP contribution in [0.15, 0.2) is 32.7 Å². The Kier molecular flexibility index (Phi) is 3.93. The Labute approximate surface area is 135 Å². The highest BCUT2D eigenvalue weighted by atomic mass is 79.9. The lowest BCUT2D eigenvalue weighted by molar-refractivity contribution is 0.780. The molecule has 0 saturated carbocycles. The summed E-state index contributed by atoms with van der Waals surface area (Å²) in [6, 6.07) is 4.06. The maximum Gasteiger partial charge on any atom is 0.160 e. The first kappa shape index (κ1) is 13.5. The summed E-state index contributed by atoms with van der Waals surface area (Å²) in [6.45, 7) is 0.740. The first-order valence-electron chi connectivity index (χ1n) is 5.47. The van der Waals surface area contributed by atoms with E-state index in [4.69, 9.17) is 11.6 Å². The Morgan fingerprint density at radius 3 is 2.79 bits per heavy atom. The van der Waals surface area contributed by atoms with Gasteiger partial charge in [0.1, 0.15) is 11.3 Å². The van der Waals surface area contributed by atoms with Gasteiger partial charge in [-0.25, -0.2) is 9.97 Å². The summed E-state index contributed by atoms with van der Waals surface area (Å²) in [5.41, 5.74) is 1.73. The number of imidazole rings is 1. The minimum atomic E-state index is 0.376. The van der Waals surface area contributed by atoms with E-state index in [-0.39, 0.29) is 0 Å². The molecule has 0 aromatic carbocycles. The van der Waals surface area contributed by atoms with Crippen molar-refractivity contribution in [2.45, 2.75) is 12.4 Å². The summed E-state index contributed by atoms with van der Waals surface area (Å²) in [5, 5.41) is 2.07. The van der Waals surface area contributed by atoms with Crippen LogP contribution in [0.5, 0.6) is 0 Å². The fourth-order valence-electron chi connectivity index (χ4n) is 1.89. The zero-order chi connectivity index (χ0) is 13.4. The van der Waals surface area contributed by atoms with Crippen molar-refractivity contribution in [3.63, 3.8) is 0 Å². The average Bonchev–Trinajstić information content (AvgIpc) is 2.94. The molecule has 0 unspecified atom stereocenters. The van der Waals surface area contributed by atoms with Crippen molar-refractivity contribution in [2.24, 2.45) is 0 Å². The summed E-state index contributed by atoms with van der Waals surface area (Å²) in [6.07, 6.45) is 1.78. The molecule has 3 rings (SSSR count). The van der Waals surface area contributed by atoms with E-state index in [1.807, 2.05) is 6.07 Å². The largest absolute Gasteiger partial charge is 0.306 e. The van der Waals surface area contributed by atoms with Crippen LogP contribution in [0.1, 0.15) is 10.7 Å². The predicted molar refractivity (Wildman–Crippen MR) is 85.9 cm³/mol. The number of fused-ring (bicyclic) bond motifs is 1. The Bertz CT molecular complexity index is 738. The Balaban J connectivity index is 2.10. The monoisotopic (exact) mass is 419 g/mol. The second-order valence-corrected chi connectivity index (χ2v) is 7.07. The minimum Gasteiger partial charge on any atom is -0.306 e. The van der Waals surface area contributed by atoms with Gasteiger partial charge in [-0.2, -0.15) is 0 Å². The number of alkyl halides is 1. The first-order chi connectivity index (χ1) is 9.17. The SMILES string of the molecule is ClCc1nc2cc(Br)cnc2n1Cc1cc(Br)cs1. The van der Waals surface area contributed by atoms with Gasteiger partial charge in [0.25, 0.3) is 0 Å². The zero-order valence-corrected chi connectivity index (χ0v) is 14.4. The van der Waals surface area contributed by atoms with Crippen LogP contribution in [0.2, 0.25) is 0 Å². The minimum absolute atomic E-state index is 0.376. The summed E-state index contributed by atoms with van der Waals surface area (Å²) >= 11 is 14.6. The van der Waals surface area contributed by atoms with Crippen molar-refractivity contribution in [3.8, 4) is 0 Å². The summed E-state index contributed by atoms with van der Waals surface area (Å²) in [7, 11) is 0. The molecule has 98 valence electrons. The molecule has 3 nitrogen and oxygen atoms in total. The lowest BCUT2D eigenvalue weighted by atomic mass is 10.4. The highest BCUT2D eigenvalue weighted by Gasteiger charge is 2.12. The van der Waals surface area contributed by atoms with Crippen LogP contribution in [0.25, 0.3) is 11.2 Å². The maximum absolute atomic E-state index is 5.99. The van der Waals surface area contributed by atoms with E-state index in [0.29, 0.717) is 5.88 Å². The first-order valence-corrected chi connectivity index (χ1v) is 8.47. The van der Waals surface area contributed by atoms with Gasteiger partial charge in [-0.15, -0.1) is 22.9 Å². The molecule has 3 heterocycles. The number of rotatable bonds is 3. The highest BCUT2D eigenvalue weighted by molar-refractivity contribution is 9.10. The summed E-state index contributed by atoms with van der Waals surface area (Å²) < 4.78 is 4.08. The van der Waals surface area contributed by atoms with Crippen LogP contribution < -0.4 is 0 Å². The van der Waals surface area contributed by atoms with Crippen molar-refractivity contribution in [1.29, 1.82) is 0 Å². The molecule has 7 heteroatoms. The number of hydrogen-bond donors (Lipinski definition) is 0. The van der Waals surface area contributed by atoms with Crippen molar-refractivity contribution >= 4 is 66.0 Å². The molecule has 3 aromatic rings. The average molecular weight is 422 g/mol. The van der Waals surface area contributed by atoms with Crippen LogP contribution >= 0.6 is 54.8 Å². The van der Waals surface area contributed by atoms with E-state index in [1.54, 1.807) is 17.5 Å². The van der Waals surface area contributed by atoms with Crippen LogP contribution in [0.3, 0.4) is 0 Å². The van der Waals surface area contributed by atoms with Gasteiger partial charge in [-0.1, -0.05) is 0 Å². The van der Waals surface area contributed by atoms with Crippen molar-refractivity contribution in [3.05, 3.63) is 43.4 Å². The molecule has 0 radical (unpaired) electrons. The van der Waals surface area contributed by atoms with Crippen LogP contribution in [-0.2, 0) is 12.4 Å². The fraction of sp³-hybridized carbons (Fsp3) is 0.167. The molecule has 0 aliphatic heterocycles. The second kappa shape index (κ2) is 5.52. The van der Waals surface area contributed by atoms with Gasteiger partial charge in [-0.05, 0) is 44.0 Å². The molecule has 19 heavy (non-hydrogen) atoms. The highest BCUT2D eigenvalue weighted by Crippen LogP contribution is 2.24. The molecular formula is C12H8Br2ClN3S. The van der Waals surface area contributed by atoms with Crippen LogP contribution in [-0.4, -0.2) is 14.5 Å². The number of nitrogens with zero attached hydrogens (tertiary/aromatic N) is 3. The third-order valence-electron chi connectivity index (χ3n) is 2.69. The van der Waals surface area contributed by atoms with Gasteiger partial charge in [0.05, 0.1) is 12.4 Å². The molecule has 0 aliphatic rings. The third kappa shape index (κ3) is 2.72. The third-order valence-corrected chi connectivity index (χ3v) is 5.04. The van der Waals surface area contributed by atoms with Crippen LogP contribution in [0.4, 0.5) is 0 Å². The van der Waals surface area contributed by atoms with Gasteiger partial charge < -0.3 is 4.57 Å². The Morgan fingerprint density at radius 2 is 2.11 bits per heavy atom. The summed E-state index contributed by atoms with van der Waals surface area (Å²) in [4.78, 5) is 10.2. The normalized spacial score (nSPS) is 11.3. The van der Waals surface area contributed by atoms with Gasteiger partial charge >= 0.3 is 0 Å². The molecule has 0 saturated heterocycles. The standard InChI is InChI=1S/C12H8Br2ClN3S/c13-7-2-10-12(16-4-7)18(11(3-15)17-10)5-9-1-8(14)6-19-9/h1-2,4,6H,3,5H2. The molecule has 0 spiro atoms. The lowest BCUT2D eigenvalue weighted by Crippen LogP contribution is -2.03. The summed E-state index contributed by atoms with van der Waals surface area (Å²) in [5.74, 6) is 1.22. The number of pyridine rings is 1. The molecule has 0 bridgehead atoms. The van der Waals surface area contributed by atoms with Gasteiger partial charge in [0.2, 0.25) is 0 Å². The van der Waals surface area contributed by atoms with E-state index < -0.39 is 0 Å². The number of aromatic nitrogens is 3. The van der Waals surface area contributed by atoms with E-state index in [0.717, 1.165) is 32.5 Å². The maximum atomic E-state index is 5.99. The van der Waals surface area contributed by atoms with Gasteiger partial charge in [-0.3, -0.25) is 0 Å². The molecule has 3 aromatic heterocycles. The molecule has 0 atom stereocenters. The number of thiophene rings is 1. The van der Waals surface area contributed by atoms with E-state index in [9.17, 15) is 0 Å². The Morgan fingerprint density at radius 1 is 1.26 bits per heavy atom. The molecule has 0 N–H and O–H groups in total. The zero-order valence-electron chi connectivity index (χ0n) is 9.61. The molecule has 0 aliphatic carbocycles. The molecule has 0 amide bonds. The van der Waals surface area contributed by atoms with E-state index in [2.05, 4.69) is 57.8 Å². The smallest absolute Gasteiger partial charge is 0.160 e. The number of halogens is 3. The number of hydrogen-bond acceptors (Lipinski definition) is 3. The topological polar surface area (TPSA) is 30.7 Å². The second-order valence-electron chi connectivity index (χ2n) is 3.98. The van der Waals surface area contributed by atoms with Crippen molar-refractivity contribution in [1.82, 2.24) is 14.5 Å². The van der Waals surface area contributed by atoms with E-state index in [1.165, 1.54) is 4.88 Å². The molecule has 0 fully saturated rings. The predicted octanol–water partition coefficient (Wildman–Crippen LogP) is 4.80. The van der Waals surface area contributed by atoms with Crippen LogP contribution in [0, 0.1) is 0 Å². The Hall–Kier alpha value is -0.430. The van der Waals surface area contributed by atoms with Crippen molar-refractivity contribution in [2.75, 3.05) is 0 Å². The molecular weight excluding hydrogens is 413 g/mol. The van der Waals surface area contributed by atoms with Gasteiger partial charge in [0.15, 0.2) is 5.65 Å². The van der Waals surface area contributed by atoms with E-state index >= 15 is 0 Å².